The maximum absolute atomic E-state index is 12.7. The van der Waals surface area contributed by atoms with E-state index in [4.69, 9.17) is 0 Å². The monoisotopic (exact) mass is 382 g/mol. The minimum absolute atomic E-state index is 0.0711. The van der Waals surface area contributed by atoms with Gasteiger partial charge in [-0.1, -0.05) is 62.3 Å². The van der Waals surface area contributed by atoms with Crippen LogP contribution >= 0.6 is 0 Å². The van der Waals surface area contributed by atoms with Gasteiger partial charge >= 0.3 is 6.09 Å². The Labute approximate surface area is 168 Å². The normalized spacial score (nSPS) is 26.0. The summed E-state index contributed by atoms with van der Waals surface area (Å²) in [7, 11) is 0. The molecule has 1 rings (SSSR count). The van der Waals surface area contributed by atoms with E-state index in [9.17, 15) is 9.90 Å². The number of carbonyl (C=O) groups is 1. The Kier molecular flexibility index (Phi) is 5.97. The second kappa shape index (κ2) is 6.64. The molecule has 1 unspecified atom stereocenters. The number of hydrogen-bond donors (Lipinski definition) is 1. The highest BCUT2D eigenvalue weighted by Gasteiger charge is 2.72. The molecule has 0 aromatic rings. The van der Waals surface area contributed by atoms with Crippen LogP contribution in [0.15, 0.2) is 0 Å². The lowest BCUT2D eigenvalue weighted by atomic mass is 9.45. The average molecular weight is 383 g/mol. The van der Waals surface area contributed by atoms with Gasteiger partial charge in [-0.25, -0.2) is 4.79 Å². The Hall–Kier alpha value is -0.770. The van der Waals surface area contributed by atoms with Gasteiger partial charge < -0.3 is 5.11 Å². The van der Waals surface area contributed by atoms with Crippen molar-refractivity contribution in [3.63, 3.8) is 0 Å². The van der Waals surface area contributed by atoms with Crippen LogP contribution in [0.1, 0.15) is 96.4 Å². The number of amides is 1. The van der Waals surface area contributed by atoms with Crippen molar-refractivity contribution in [2.75, 3.05) is 13.1 Å². The Morgan fingerprint density at radius 1 is 0.778 bits per heavy atom. The van der Waals surface area contributed by atoms with E-state index in [1.54, 1.807) is 0 Å². The molecule has 27 heavy (non-hydrogen) atoms. The zero-order valence-electron chi connectivity index (χ0n) is 20.4. The highest BCUT2D eigenvalue weighted by Crippen LogP contribution is 2.63. The van der Waals surface area contributed by atoms with Gasteiger partial charge in [0.1, 0.15) is 0 Å². The lowest BCUT2D eigenvalue weighted by Crippen LogP contribution is -2.83. The molecule has 1 fully saturated rings. The number of rotatable bonds is 0. The molecule has 0 radical (unpaired) electrons. The molecule has 1 heterocycles. The van der Waals surface area contributed by atoms with Crippen LogP contribution in [0.5, 0.6) is 0 Å². The molecule has 0 aromatic heterocycles. The van der Waals surface area contributed by atoms with Crippen molar-refractivity contribution in [1.29, 1.82) is 0 Å². The molecule has 0 aliphatic carbocycles. The van der Waals surface area contributed by atoms with Crippen molar-refractivity contribution in [3.8, 4) is 0 Å². The molecule has 160 valence electrons. The first-order valence-corrected chi connectivity index (χ1v) is 10.5. The third-order valence-corrected chi connectivity index (χ3v) is 7.08. The summed E-state index contributed by atoms with van der Waals surface area (Å²) in [6.45, 7) is 30.8. The highest BCUT2D eigenvalue weighted by molar-refractivity contribution is 5.67. The zero-order chi connectivity index (χ0) is 21.9. The van der Waals surface area contributed by atoms with E-state index in [1.165, 1.54) is 0 Å². The summed E-state index contributed by atoms with van der Waals surface area (Å²) < 4.78 is 0. The molecule has 4 nitrogen and oxygen atoms in total. The van der Waals surface area contributed by atoms with Crippen LogP contribution in [-0.4, -0.2) is 50.7 Å². The summed E-state index contributed by atoms with van der Waals surface area (Å²) in [5.41, 5.74) is -1.72. The predicted molar refractivity (Wildman–Crippen MR) is 115 cm³/mol. The molecule has 4 heteroatoms. The topological polar surface area (TPSA) is 43.8 Å². The largest absolute Gasteiger partial charge is 0.465 e. The van der Waals surface area contributed by atoms with Crippen molar-refractivity contribution in [3.05, 3.63) is 0 Å². The van der Waals surface area contributed by atoms with Crippen molar-refractivity contribution >= 4 is 6.09 Å². The second-order valence-electron chi connectivity index (χ2n) is 12.6. The first-order valence-electron chi connectivity index (χ1n) is 10.5. The Morgan fingerprint density at radius 2 is 1.19 bits per heavy atom. The number of carboxylic acid groups (broad SMARTS) is 1. The standard InChI is InChI=1S/C23H46N2O2/c1-18(2,3)22(13)23(19(4,5)6,20(7,8)9)24(17(26)27)15-14-16-25(22)21(10,11)12/h14-16H2,1-13H3,(H,26,27). The Balaban J connectivity index is 4.23. The van der Waals surface area contributed by atoms with Crippen LogP contribution in [0.25, 0.3) is 0 Å². The molecule has 0 spiro atoms. The molecular formula is C23H46N2O2. The maximum Gasteiger partial charge on any atom is 0.407 e. The fourth-order valence-electron chi connectivity index (χ4n) is 6.82. The van der Waals surface area contributed by atoms with Crippen molar-refractivity contribution in [2.45, 2.75) is 113 Å². The summed E-state index contributed by atoms with van der Waals surface area (Å²) in [5.74, 6) is 0. The fourth-order valence-corrected chi connectivity index (χ4v) is 6.82. The van der Waals surface area contributed by atoms with Crippen LogP contribution in [0.3, 0.4) is 0 Å². The molecular weight excluding hydrogens is 336 g/mol. The van der Waals surface area contributed by atoms with E-state index in [-0.39, 0.29) is 27.3 Å². The molecule has 1 aliphatic heterocycles. The van der Waals surface area contributed by atoms with Crippen LogP contribution < -0.4 is 0 Å². The average Bonchev–Trinajstić information content (AvgIpc) is 2.50. The van der Waals surface area contributed by atoms with Crippen molar-refractivity contribution < 1.29 is 9.90 Å². The number of nitrogens with zero attached hydrogens (tertiary/aromatic N) is 2. The zero-order valence-corrected chi connectivity index (χ0v) is 20.4. The molecule has 0 bridgehead atoms. The van der Waals surface area contributed by atoms with Gasteiger partial charge in [-0.15, -0.1) is 0 Å². The fraction of sp³-hybridized carbons (Fsp3) is 0.957. The lowest BCUT2D eigenvalue weighted by molar-refractivity contribution is -0.209. The summed E-state index contributed by atoms with van der Waals surface area (Å²) >= 11 is 0. The third-order valence-electron chi connectivity index (χ3n) is 7.08. The van der Waals surface area contributed by atoms with Gasteiger partial charge in [0.05, 0.1) is 5.54 Å². The van der Waals surface area contributed by atoms with E-state index < -0.39 is 11.6 Å². The van der Waals surface area contributed by atoms with E-state index in [1.807, 2.05) is 4.90 Å². The van der Waals surface area contributed by atoms with E-state index >= 15 is 0 Å². The van der Waals surface area contributed by atoms with Crippen LogP contribution in [-0.2, 0) is 0 Å². The van der Waals surface area contributed by atoms with Gasteiger partial charge in [-0.3, -0.25) is 9.80 Å². The van der Waals surface area contributed by atoms with Gasteiger partial charge in [0, 0.05) is 24.2 Å². The number of hydrogen-bond acceptors (Lipinski definition) is 2. The summed E-state index contributed by atoms with van der Waals surface area (Å²) in [5, 5.41) is 10.4. The van der Waals surface area contributed by atoms with Gasteiger partial charge in [0.25, 0.3) is 0 Å². The van der Waals surface area contributed by atoms with Crippen molar-refractivity contribution in [2.24, 2.45) is 16.2 Å². The second-order valence-corrected chi connectivity index (χ2v) is 12.6. The quantitative estimate of drug-likeness (QED) is 0.550. The van der Waals surface area contributed by atoms with Crippen molar-refractivity contribution in [1.82, 2.24) is 9.80 Å². The van der Waals surface area contributed by atoms with E-state index in [2.05, 4.69) is 94.9 Å². The first kappa shape index (κ1) is 24.3. The SMILES string of the molecule is CC(C)(C)N1CCCN(C(=O)O)C(C(C)(C)C)(C(C)(C)C)C1(C)C(C)(C)C. The molecule has 1 saturated heterocycles. The van der Waals surface area contributed by atoms with Gasteiger partial charge in [-0.2, -0.15) is 0 Å². The minimum atomic E-state index is -0.800. The van der Waals surface area contributed by atoms with Gasteiger partial charge in [-0.05, 0) is 50.4 Å². The van der Waals surface area contributed by atoms with E-state index in [0.717, 1.165) is 13.0 Å². The van der Waals surface area contributed by atoms with Gasteiger partial charge in [0.15, 0.2) is 0 Å². The molecule has 1 aliphatic rings. The summed E-state index contributed by atoms with van der Waals surface area (Å²) in [4.78, 5) is 17.1. The third kappa shape index (κ3) is 3.41. The molecule has 0 aromatic carbocycles. The molecule has 1 amide bonds. The smallest absolute Gasteiger partial charge is 0.407 e. The summed E-state index contributed by atoms with van der Waals surface area (Å²) in [6, 6.07) is 0. The van der Waals surface area contributed by atoms with Gasteiger partial charge in [0.2, 0.25) is 0 Å². The van der Waals surface area contributed by atoms with Crippen LogP contribution in [0.4, 0.5) is 4.79 Å². The van der Waals surface area contributed by atoms with Crippen LogP contribution in [0, 0.1) is 16.2 Å². The predicted octanol–water partition coefficient (Wildman–Crippen LogP) is 6.11. The maximum atomic E-state index is 12.7. The Bertz CT molecular complexity index is 541. The first-order chi connectivity index (χ1) is 11.7. The molecule has 1 atom stereocenters. The lowest BCUT2D eigenvalue weighted by Gasteiger charge is -2.72. The highest BCUT2D eigenvalue weighted by atomic mass is 16.4. The van der Waals surface area contributed by atoms with Crippen LogP contribution in [0.2, 0.25) is 0 Å². The van der Waals surface area contributed by atoms with E-state index in [0.29, 0.717) is 6.54 Å². The molecule has 1 N–H and O–H groups in total. The summed E-state index contributed by atoms with van der Waals surface area (Å²) in [6.07, 6.45) is 0.0504. The Morgan fingerprint density at radius 3 is 1.44 bits per heavy atom. The molecule has 0 saturated carbocycles. The minimum Gasteiger partial charge on any atom is -0.465 e.